The molecule has 0 aliphatic rings. The lowest BCUT2D eigenvalue weighted by molar-refractivity contribution is -0.0663. The molecule has 0 aliphatic carbocycles. The maximum atomic E-state index is 12.6. The number of aliphatic hydroxyl groups excluding tert-OH is 1. The number of aliphatic hydroxyl groups is 2. The van der Waals surface area contributed by atoms with Crippen molar-refractivity contribution in [3.63, 3.8) is 0 Å². The zero-order valence-electron chi connectivity index (χ0n) is 14.6. The van der Waals surface area contributed by atoms with Gasteiger partial charge in [0.15, 0.2) is 11.5 Å². The van der Waals surface area contributed by atoms with E-state index in [1.165, 1.54) is 27.2 Å². The van der Waals surface area contributed by atoms with Crippen molar-refractivity contribution in [2.45, 2.75) is 25.6 Å². The van der Waals surface area contributed by atoms with Crippen molar-refractivity contribution in [2.24, 2.45) is 7.05 Å². The van der Waals surface area contributed by atoms with Gasteiger partial charge in [-0.2, -0.15) is 0 Å². The molecule has 0 radical (unpaired) electrons. The van der Waals surface area contributed by atoms with Crippen LogP contribution in [0.15, 0.2) is 33.7 Å². The molecule has 0 bridgehead atoms. The average Bonchev–Trinajstić information content (AvgIpc) is 3.05. The Morgan fingerprint density at radius 3 is 2.64 bits per heavy atom. The molecule has 25 heavy (non-hydrogen) atoms. The van der Waals surface area contributed by atoms with Crippen molar-refractivity contribution < 1.29 is 24.1 Å². The summed E-state index contributed by atoms with van der Waals surface area (Å²) < 4.78 is 18.2. The molecule has 0 saturated carbocycles. The van der Waals surface area contributed by atoms with Crippen LogP contribution in [0.2, 0.25) is 0 Å². The Balaban J connectivity index is 2.14. The number of aromatic nitrogens is 1. The zero-order chi connectivity index (χ0) is 18.4. The molecule has 2 heterocycles. The summed E-state index contributed by atoms with van der Waals surface area (Å²) in [5, 5.41) is 20.7. The fourth-order valence-corrected chi connectivity index (χ4v) is 2.73. The summed E-state index contributed by atoms with van der Waals surface area (Å²) in [6, 6.07) is 4.90. The molecule has 1 aromatic carbocycles. The first-order chi connectivity index (χ1) is 11.8. The first-order valence-electron chi connectivity index (χ1n) is 7.85. The summed E-state index contributed by atoms with van der Waals surface area (Å²) >= 11 is 0. The number of pyridine rings is 1. The van der Waals surface area contributed by atoms with Crippen LogP contribution in [-0.2, 0) is 7.05 Å². The third-order valence-corrected chi connectivity index (χ3v) is 4.29. The first kappa shape index (κ1) is 17.3. The Morgan fingerprint density at radius 2 is 2.00 bits per heavy atom. The molecular weight excluding hydrogens is 326 g/mol. The second kappa shape index (κ2) is 6.09. The van der Waals surface area contributed by atoms with Crippen LogP contribution in [0.1, 0.15) is 13.8 Å². The van der Waals surface area contributed by atoms with Crippen LogP contribution in [0.3, 0.4) is 0 Å². The average molecular weight is 347 g/mol. The number of furan rings is 1. The Hall–Kier alpha value is -2.51. The molecule has 0 aliphatic heterocycles. The van der Waals surface area contributed by atoms with E-state index in [0.29, 0.717) is 33.5 Å². The molecule has 0 saturated heterocycles. The Labute approximate surface area is 144 Å². The van der Waals surface area contributed by atoms with E-state index in [2.05, 4.69) is 0 Å². The van der Waals surface area contributed by atoms with Crippen LogP contribution >= 0.6 is 0 Å². The Bertz CT molecular complexity index is 979. The Morgan fingerprint density at radius 1 is 1.28 bits per heavy atom. The van der Waals surface area contributed by atoms with Gasteiger partial charge in [-0.1, -0.05) is 0 Å². The van der Waals surface area contributed by atoms with E-state index >= 15 is 0 Å². The molecule has 0 amide bonds. The largest absolute Gasteiger partial charge is 0.491 e. The van der Waals surface area contributed by atoms with Crippen molar-refractivity contribution >= 4 is 22.0 Å². The van der Waals surface area contributed by atoms with E-state index in [0.717, 1.165) is 0 Å². The fourth-order valence-electron chi connectivity index (χ4n) is 2.73. The van der Waals surface area contributed by atoms with E-state index in [9.17, 15) is 15.0 Å². The molecule has 0 spiro atoms. The van der Waals surface area contributed by atoms with Crippen LogP contribution < -0.4 is 14.9 Å². The predicted molar refractivity (Wildman–Crippen MR) is 93.3 cm³/mol. The summed E-state index contributed by atoms with van der Waals surface area (Å²) in [5.41, 5.74) is -0.482. The summed E-state index contributed by atoms with van der Waals surface area (Å²) in [4.78, 5) is 12.6. The van der Waals surface area contributed by atoms with E-state index in [1.54, 1.807) is 29.8 Å². The number of hydrogen-bond acceptors (Lipinski definition) is 6. The number of aryl methyl sites for hydroxylation is 1. The number of nitrogens with zero attached hydrogens (tertiary/aromatic N) is 1. The van der Waals surface area contributed by atoms with Crippen LogP contribution in [0, 0.1) is 0 Å². The number of ether oxygens (including phenoxy) is 2. The predicted octanol–water partition coefficient (Wildman–Crippen LogP) is 1.80. The van der Waals surface area contributed by atoms with Crippen molar-refractivity contribution in [1.82, 2.24) is 4.57 Å². The minimum Gasteiger partial charge on any atom is -0.491 e. The topological polar surface area (TPSA) is 94.1 Å². The molecule has 3 aromatic rings. The van der Waals surface area contributed by atoms with Gasteiger partial charge in [0.2, 0.25) is 11.1 Å². The molecule has 2 N–H and O–H groups in total. The molecule has 1 unspecified atom stereocenters. The number of fused-ring (bicyclic) bond motifs is 2. The fraction of sp³-hybridized carbons (Fsp3) is 0.389. The number of rotatable bonds is 5. The van der Waals surface area contributed by atoms with Crippen molar-refractivity contribution in [3.05, 3.63) is 34.7 Å². The molecular formula is C18H21NO6. The standard InChI is InChI=1S/C18H21NO6/c1-18(2,22)13(20)9-25-12-6-5-10-14(16(12)23-4)19(3)17-11(15(10)21)7-8-24-17/h5-8,13,20,22H,9H2,1-4H3. The molecule has 1 atom stereocenters. The number of methoxy groups -OCH3 is 1. The van der Waals surface area contributed by atoms with Gasteiger partial charge in [0.1, 0.15) is 18.2 Å². The van der Waals surface area contributed by atoms with E-state index < -0.39 is 11.7 Å². The highest BCUT2D eigenvalue weighted by Gasteiger charge is 2.26. The maximum Gasteiger partial charge on any atom is 0.210 e. The number of hydrogen-bond donors (Lipinski definition) is 2. The van der Waals surface area contributed by atoms with Crippen molar-refractivity contribution in [3.8, 4) is 11.5 Å². The summed E-state index contributed by atoms with van der Waals surface area (Å²) in [6.45, 7) is 2.87. The monoisotopic (exact) mass is 347 g/mol. The normalized spacial score (nSPS) is 13.4. The lowest BCUT2D eigenvalue weighted by Crippen LogP contribution is -2.40. The third-order valence-electron chi connectivity index (χ3n) is 4.29. The van der Waals surface area contributed by atoms with Crippen LogP contribution in [-0.4, -0.2) is 40.2 Å². The maximum absolute atomic E-state index is 12.6. The van der Waals surface area contributed by atoms with Gasteiger partial charge in [-0.15, -0.1) is 0 Å². The van der Waals surface area contributed by atoms with E-state index in [4.69, 9.17) is 13.9 Å². The minimum absolute atomic E-state index is 0.123. The molecule has 134 valence electrons. The first-order valence-corrected chi connectivity index (χ1v) is 7.85. The highest BCUT2D eigenvalue weighted by Crippen LogP contribution is 2.36. The van der Waals surface area contributed by atoms with Crippen LogP contribution in [0.5, 0.6) is 11.5 Å². The summed E-state index contributed by atoms with van der Waals surface area (Å²) in [7, 11) is 3.25. The third kappa shape index (κ3) is 2.85. The highest BCUT2D eigenvalue weighted by atomic mass is 16.5. The molecule has 0 fully saturated rings. The van der Waals surface area contributed by atoms with Crippen molar-refractivity contribution in [2.75, 3.05) is 13.7 Å². The highest BCUT2D eigenvalue weighted by molar-refractivity contribution is 5.95. The van der Waals surface area contributed by atoms with Gasteiger partial charge < -0.3 is 28.7 Å². The van der Waals surface area contributed by atoms with Gasteiger partial charge in [0.25, 0.3) is 0 Å². The van der Waals surface area contributed by atoms with Gasteiger partial charge in [0.05, 0.1) is 29.7 Å². The van der Waals surface area contributed by atoms with Gasteiger partial charge >= 0.3 is 0 Å². The Kier molecular flexibility index (Phi) is 4.22. The molecule has 3 rings (SSSR count). The quantitative estimate of drug-likeness (QED) is 0.731. The lowest BCUT2D eigenvalue weighted by Gasteiger charge is -2.25. The molecule has 2 aromatic heterocycles. The van der Waals surface area contributed by atoms with Gasteiger partial charge in [0, 0.05) is 7.05 Å². The summed E-state index contributed by atoms with van der Waals surface area (Å²) in [6.07, 6.45) is 0.387. The van der Waals surface area contributed by atoms with Gasteiger partial charge in [-0.3, -0.25) is 4.79 Å². The molecule has 7 heteroatoms. The summed E-state index contributed by atoms with van der Waals surface area (Å²) in [5.74, 6) is 0.720. The van der Waals surface area contributed by atoms with Gasteiger partial charge in [-0.05, 0) is 32.0 Å². The lowest BCUT2D eigenvalue weighted by atomic mass is 10.0. The smallest absolute Gasteiger partial charge is 0.210 e. The van der Waals surface area contributed by atoms with Crippen LogP contribution in [0.4, 0.5) is 0 Å². The molecule has 7 nitrogen and oxygen atoms in total. The van der Waals surface area contributed by atoms with Crippen molar-refractivity contribution in [1.29, 1.82) is 0 Å². The number of benzene rings is 1. The zero-order valence-corrected chi connectivity index (χ0v) is 14.6. The second-order valence-corrected chi connectivity index (χ2v) is 6.50. The van der Waals surface area contributed by atoms with E-state index in [-0.39, 0.29) is 12.0 Å². The van der Waals surface area contributed by atoms with E-state index in [1.807, 2.05) is 0 Å². The van der Waals surface area contributed by atoms with Gasteiger partial charge in [-0.25, -0.2) is 0 Å². The minimum atomic E-state index is -1.29. The second-order valence-electron chi connectivity index (χ2n) is 6.50. The SMILES string of the molecule is COc1c(OCC(O)C(C)(C)O)ccc2c(=O)c3ccoc3n(C)c12. The van der Waals surface area contributed by atoms with Crippen LogP contribution in [0.25, 0.3) is 22.0 Å².